The Labute approximate surface area is 145 Å². The molecule has 2 aromatic carbocycles. The topological polar surface area (TPSA) is 56.9 Å². The van der Waals surface area contributed by atoms with Gasteiger partial charge in [0.1, 0.15) is 11.5 Å². The van der Waals surface area contributed by atoms with Gasteiger partial charge in [-0.25, -0.2) is 4.39 Å². The summed E-state index contributed by atoms with van der Waals surface area (Å²) in [7, 11) is 0. The van der Waals surface area contributed by atoms with E-state index in [0.29, 0.717) is 17.3 Å². The molecule has 128 valence electrons. The van der Waals surface area contributed by atoms with Crippen LogP contribution in [0.1, 0.15) is 34.8 Å². The molecule has 1 aliphatic heterocycles. The van der Waals surface area contributed by atoms with Gasteiger partial charge in [-0.3, -0.25) is 4.79 Å². The minimum absolute atomic E-state index is 0.275. The van der Waals surface area contributed by atoms with Crippen molar-refractivity contribution in [3.63, 3.8) is 0 Å². The van der Waals surface area contributed by atoms with Gasteiger partial charge in [-0.2, -0.15) is 0 Å². The molecule has 0 radical (unpaired) electrons. The number of hydrogen-bond donors (Lipinski definition) is 3. The third-order valence-corrected chi connectivity index (χ3v) is 4.74. The summed E-state index contributed by atoms with van der Waals surface area (Å²) in [5, 5.41) is 7.17. The van der Waals surface area contributed by atoms with Crippen LogP contribution < -0.4 is 10.6 Å². The molecule has 1 aromatic heterocycles. The number of rotatable bonds is 3. The summed E-state index contributed by atoms with van der Waals surface area (Å²) in [4.78, 5) is 15.5. The Balaban J connectivity index is 1.56. The van der Waals surface area contributed by atoms with Crippen LogP contribution in [0.3, 0.4) is 0 Å². The highest BCUT2D eigenvalue weighted by molar-refractivity contribution is 6.05. The number of benzene rings is 2. The van der Waals surface area contributed by atoms with Gasteiger partial charge in [0.2, 0.25) is 0 Å². The van der Waals surface area contributed by atoms with E-state index < -0.39 is 0 Å². The largest absolute Gasteiger partial charge is 0.351 e. The van der Waals surface area contributed by atoms with Crippen molar-refractivity contribution in [2.24, 2.45) is 0 Å². The number of H-pyrrole nitrogens is 1. The van der Waals surface area contributed by atoms with Crippen molar-refractivity contribution in [3.8, 4) is 0 Å². The smallest absolute Gasteiger partial charge is 0.272 e. The van der Waals surface area contributed by atoms with Crippen LogP contribution >= 0.6 is 0 Å². The number of nitrogens with one attached hydrogen (secondary N) is 3. The Morgan fingerprint density at radius 1 is 1.16 bits per heavy atom. The molecule has 0 bridgehead atoms. The van der Waals surface area contributed by atoms with Crippen LogP contribution in [0.25, 0.3) is 10.9 Å². The third kappa shape index (κ3) is 3.42. The first kappa shape index (κ1) is 15.8. The van der Waals surface area contributed by atoms with Crippen molar-refractivity contribution < 1.29 is 9.18 Å². The lowest BCUT2D eigenvalue weighted by Gasteiger charge is -2.23. The van der Waals surface area contributed by atoms with Gasteiger partial charge < -0.3 is 15.6 Å². The summed E-state index contributed by atoms with van der Waals surface area (Å²) in [5.41, 5.74) is 3.14. The minimum Gasteiger partial charge on any atom is -0.351 e. The van der Waals surface area contributed by atoms with E-state index in [4.69, 9.17) is 0 Å². The first-order valence-electron chi connectivity index (χ1n) is 8.59. The zero-order chi connectivity index (χ0) is 17.2. The predicted molar refractivity (Wildman–Crippen MR) is 97.5 cm³/mol. The fraction of sp³-hybridized carbons (Fsp3) is 0.250. The Hall–Kier alpha value is -2.66. The summed E-state index contributed by atoms with van der Waals surface area (Å²) < 4.78 is 13.2. The molecule has 1 fully saturated rings. The fourth-order valence-electron chi connectivity index (χ4n) is 3.43. The summed E-state index contributed by atoms with van der Waals surface area (Å²) in [5.74, 6) is -0.125. The standard InChI is InChI=1S/C20H20FN3O/c21-16-4-1-5-17(11-16)23-20(25)19-10-15-9-13(6-7-18(15)24-19)14-3-2-8-22-12-14/h1,4-7,9-11,14,22,24H,2-3,8,12H2,(H,23,25). The zero-order valence-electron chi connectivity index (χ0n) is 13.8. The maximum atomic E-state index is 13.2. The maximum absolute atomic E-state index is 13.2. The predicted octanol–water partition coefficient (Wildman–Crippen LogP) is 4.03. The maximum Gasteiger partial charge on any atom is 0.272 e. The number of anilines is 1. The zero-order valence-corrected chi connectivity index (χ0v) is 13.8. The van der Waals surface area contributed by atoms with Crippen LogP contribution in [0, 0.1) is 5.82 Å². The van der Waals surface area contributed by atoms with Gasteiger partial charge in [-0.1, -0.05) is 12.1 Å². The molecular formula is C20H20FN3O. The highest BCUT2D eigenvalue weighted by atomic mass is 19.1. The van der Waals surface area contributed by atoms with Crippen LogP contribution in [0.2, 0.25) is 0 Å². The van der Waals surface area contributed by atoms with Gasteiger partial charge in [0.05, 0.1) is 0 Å². The first-order valence-corrected chi connectivity index (χ1v) is 8.59. The first-order chi connectivity index (χ1) is 12.2. The van der Waals surface area contributed by atoms with Crippen molar-refractivity contribution >= 4 is 22.5 Å². The molecule has 4 rings (SSSR count). The number of hydrogen-bond acceptors (Lipinski definition) is 2. The van der Waals surface area contributed by atoms with Gasteiger partial charge in [0.25, 0.3) is 5.91 Å². The van der Waals surface area contributed by atoms with E-state index in [9.17, 15) is 9.18 Å². The number of carbonyl (C=O) groups excluding carboxylic acids is 1. The summed E-state index contributed by atoms with van der Waals surface area (Å²) in [6, 6.07) is 14.0. The molecule has 0 aliphatic carbocycles. The van der Waals surface area contributed by atoms with Crippen molar-refractivity contribution in [3.05, 3.63) is 65.6 Å². The molecule has 0 saturated carbocycles. The molecule has 1 unspecified atom stereocenters. The SMILES string of the molecule is O=C(Nc1cccc(F)c1)c1cc2cc(C3CCCNC3)ccc2[nH]1. The summed E-state index contributed by atoms with van der Waals surface area (Å²) >= 11 is 0. The van der Waals surface area contributed by atoms with Crippen LogP contribution in [0.5, 0.6) is 0 Å². The lowest BCUT2D eigenvalue weighted by Crippen LogP contribution is -2.28. The second kappa shape index (κ2) is 6.69. The van der Waals surface area contributed by atoms with Gasteiger partial charge in [-0.05, 0) is 67.3 Å². The van der Waals surface area contributed by atoms with E-state index in [1.165, 1.54) is 30.5 Å². The lowest BCUT2D eigenvalue weighted by molar-refractivity contribution is 0.102. The normalized spacial score (nSPS) is 17.6. The van der Waals surface area contributed by atoms with Gasteiger partial charge in [-0.15, -0.1) is 0 Å². The molecule has 4 nitrogen and oxygen atoms in total. The van der Waals surface area contributed by atoms with E-state index in [0.717, 1.165) is 24.0 Å². The van der Waals surface area contributed by atoms with Crippen LogP contribution in [-0.4, -0.2) is 24.0 Å². The molecule has 1 saturated heterocycles. The molecule has 1 amide bonds. The van der Waals surface area contributed by atoms with Crippen molar-refractivity contribution in [2.45, 2.75) is 18.8 Å². The number of aromatic nitrogens is 1. The van der Waals surface area contributed by atoms with Gasteiger partial charge >= 0.3 is 0 Å². The highest BCUT2D eigenvalue weighted by Crippen LogP contribution is 2.27. The van der Waals surface area contributed by atoms with E-state index in [-0.39, 0.29) is 11.7 Å². The average Bonchev–Trinajstić information content (AvgIpc) is 3.06. The Bertz CT molecular complexity index is 912. The number of carbonyl (C=O) groups is 1. The van der Waals surface area contributed by atoms with Crippen LogP contribution in [0.4, 0.5) is 10.1 Å². The van der Waals surface area contributed by atoms with Crippen molar-refractivity contribution in [2.75, 3.05) is 18.4 Å². The third-order valence-electron chi connectivity index (χ3n) is 4.74. The molecule has 5 heteroatoms. The molecule has 25 heavy (non-hydrogen) atoms. The number of halogens is 1. The molecule has 1 aliphatic rings. The van der Waals surface area contributed by atoms with Crippen molar-refractivity contribution in [1.29, 1.82) is 0 Å². The van der Waals surface area contributed by atoms with Crippen LogP contribution in [0.15, 0.2) is 48.5 Å². The Kier molecular flexibility index (Phi) is 4.24. The number of aromatic amines is 1. The second-order valence-electron chi connectivity index (χ2n) is 6.54. The minimum atomic E-state index is -0.375. The lowest BCUT2D eigenvalue weighted by atomic mass is 9.91. The molecule has 2 heterocycles. The van der Waals surface area contributed by atoms with E-state index >= 15 is 0 Å². The molecule has 3 N–H and O–H groups in total. The molecular weight excluding hydrogens is 317 g/mol. The molecule has 1 atom stereocenters. The van der Waals surface area contributed by atoms with Crippen LogP contribution in [-0.2, 0) is 0 Å². The van der Waals surface area contributed by atoms with Gasteiger partial charge in [0, 0.05) is 23.1 Å². The monoisotopic (exact) mass is 337 g/mol. The van der Waals surface area contributed by atoms with E-state index in [1.807, 2.05) is 12.1 Å². The molecule has 0 spiro atoms. The van der Waals surface area contributed by atoms with E-state index in [2.05, 4.69) is 27.8 Å². The molecule has 3 aromatic rings. The highest BCUT2D eigenvalue weighted by Gasteiger charge is 2.16. The number of piperidine rings is 1. The average molecular weight is 337 g/mol. The Morgan fingerprint density at radius 3 is 2.88 bits per heavy atom. The van der Waals surface area contributed by atoms with Gasteiger partial charge in [0.15, 0.2) is 0 Å². The van der Waals surface area contributed by atoms with E-state index in [1.54, 1.807) is 12.1 Å². The number of amides is 1. The Morgan fingerprint density at radius 2 is 2.08 bits per heavy atom. The fourth-order valence-corrected chi connectivity index (χ4v) is 3.43. The summed E-state index contributed by atoms with van der Waals surface area (Å²) in [6.07, 6.45) is 2.38. The summed E-state index contributed by atoms with van der Waals surface area (Å²) in [6.45, 7) is 2.09. The van der Waals surface area contributed by atoms with Crippen molar-refractivity contribution in [1.82, 2.24) is 10.3 Å². The quantitative estimate of drug-likeness (QED) is 0.676. The second-order valence-corrected chi connectivity index (χ2v) is 6.54. The number of fused-ring (bicyclic) bond motifs is 1.